The average molecular weight is 535 g/mol. The number of fused-ring (bicyclic) bond motifs is 1. The van der Waals surface area contributed by atoms with Gasteiger partial charge in [-0.15, -0.1) is 0 Å². The number of phenolic OH excluding ortho intramolecular Hbond substituents is 1. The number of nitrogens with zero attached hydrogens (tertiary/aromatic N) is 3. The lowest BCUT2D eigenvalue weighted by atomic mass is 9.99. The summed E-state index contributed by atoms with van der Waals surface area (Å²) in [5.74, 6) is 1.46. The van der Waals surface area contributed by atoms with E-state index in [-0.39, 0.29) is 21.6 Å². The first-order chi connectivity index (χ1) is 17.8. The van der Waals surface area contributed by atoms with Gasteiger partial charge in [-0.1, -0.05) is 43.1 Å². The van der Waals surface area contributed by atoms with E-state index in [1.54, 1.807) is 18.3 Å². The monoisotopic (exact) mass is 534 g/mol. The van der Waals surface area contributed by atoms with Crippen molar-refractivity contribution in [2.45, 2.75) is 33.1 Å². The number of ketones is 1. The lowest BCUT2D eigenvalue weighted by Crippen LogP contribution is -2.34. The second kappa shape index (κ2) is 10.6. The van der Waals surface area contributed by atoms with Crippen molar-refractivity contribution < 1.29 is 9.90 Å². The Morgan fingerprint density at radius 3 is 2.54 bits per heavy atom. The predicted molar refractivity (Wildman–Crippen MR) is 152 cm³/mol. The number of anilines is 3. The fraction of sp³-hybridized carbons (Fsp3) is 0.276. The van der Waals surface area contributed by atoms with Gasteiger partial charge in [-0.3, -0.25) is 9.78 Å². The zero-order valence-electron chi connectivity index (χ0n) is 20.8. The highest BCUT2D eigenvalue weighted by Gasteiger charge is 2.19. The van der Waals surface area contributed by atoms with E-state index in [1.807, 2.05) is 43.5 Å². The van der Waals surface area contributed by atoms with Crippen LogP contribution in [0.15, 0.2) is 54.9 Å². The minimum absolute atomic E-state index is 0.00934. The first-order valence-electron chi connectivity index (χ1n) is 12.5. The number of aromatic nitrogens is 2. The molecule has 37 heavy (non-hydrogen) atoms. The molecule has 0 saturated carbocycles. The van der Waals surface area contributed by atoms with E-state index in [2.05, 4.69) is 22.1 Å². The molecular weight excluding hydrogens is 507 g/mol. The molecule has 1 aliphatic rings. The molecule has 0 unspecified atom stereocenters. The molecule has 1 fully saturated rings. The summed E-state index contributed by atoms with van der Waals surface area (Å²) in [5.41, 5.74) is 4.29. The first kappa shape index (κ1) is 25.3. The molecule has 0 bridgehead atoms. The maximum atomic E-state index is 12.9. The molecule has 1 aliphatic heterocycles. The fourth-order valence-electron chi connectivity index (χ4n) is 4.83. The largest absolute Gasteiger partial charge is 0.505 e. The number of carbonyl (C=O) groups is 1. The number of nitrogens with one attached hydrogen (secondary N) is 1. The van der Waals surface area contributed by atoms with Crippen LogP contribution in [0.1, 0.15) is 43.5 Å². The molecule has 3 heterocycles. The lowest BCUT2D eigenvalue weighted by molar-refractivity contribution is 0.0988. The van der Waals surface area contributed by atoms with E-state index in [4.69, 9.17) is 28.2 Å². The summed E-state index contributed by atoms with van der Waals surface area (Å²) < 4.78 is 0. The minimum atomic E-state index is -0.150. The molecule has 2 aromatic heterocycles. The number of carbonyl (C=O) groups excluding carboxylic acids is 1. The molecule has 2 N–H and O–H groups in total. The Morgan fingerprint density at radius 1 is 1.08 bits per heavy atom. The third-order valence-electron chi connectivity index (χ3n) is 6.84. The van der Waals surface area contributed by atoms with Crippen molar-refractivity contribution in [2.24, 2.45) is 5.92 Å². The molecule has 1 saturated heterocycles. The Bertz CT molecular complexity index is 1450. The highest BCUT2D eigenvalue weighted by Crippen LogP contribution is 2.38. The summed E-state index contributed by atoms with van der Waals surface area (Å²) in [4.78, 5) is 24.5. The van der Waals surface area contributed by atoms with Crippen LogP contribution in [-0.4, -0.2) is 33.9 Å². The number of hydrogen-bond acceptors (Lipinski definition) is 6. The molecular formula is C29H28Cl2N4O2. The summed E-state index contributed by atoms with van der Waals surface area (Å²) >= 11 is 12.3. The maximum Gasteiger partial charge on any atom is 0.166 e. The van der Waals surface area contributed by atoms with Gasteiger partial charge in [0.2, 0.25) is 0 Å². The van der Waals surface area contributed by atoms with Crippen LogP contribution < -0.4 is 10.2 Å². The highest BCUT2D eigenvalue weighted by atomic mass is 35.5. The lowest BCUT2D eigenvalue weighted by Gasteiger charge is -2.31. The van der Waals surface area contributed by atoms with E-state index in [0.29, 0.717) is 23.6 Å². The van der Waals surface area contributed by atoms with E-state index in [9.17, 15) is 9.90 Å². The molecule has 1 atom stereocenters. The van der Waals surface area contributed by atoms with Crippen LogP contribution in [0, 0.1) is 5.92 Å². The molecule has 6 nitrogen and oxygen atoms in total. The zero-order valence-corrected chi connectivity index (χ0v) is 22.3. The van der Waals surface area contributed by atoms with E-state index >= 15 is 0 Å². The standard InChI is InChI=1S/C29H28Cl2N4O2/c1-3-26(36)22-15-32-25-8-6-18(19-12-23(30)29(37)24(31)13-19)11-21(25)28(22)34-20-7-9-27(33-14-20)35-10-4-5-17(2)16-35/h6-9,11-15,17,37H,3-5,10,16H2,1-2H3,(H,32,34)/t17-/m0/s1. The third kappa shape index (κ3) is 5.22. The van der Waals surface area contributed by atoms with Crippen LogP contribution in [0.5, 0.6) is 5.75 Å². The van der Waals surface area contributed by atoms with Crippen molar-refractivity contribution in [1.82, 2.24) is 9.97 Å². The van der Waals surface area contributed by atoms with Gasteiger partial charge in [-0.2, -0.15) is 0 Å². The molecule has 0 radical (unpaired) electrons. The molecule has 4 aromatic rings. The SMILES string of the molecule is CCC(=O)c1cnc2ccc(-c3cc(Cl)c(O)c(Cl)c3)cc2c1Nc1ccc(N2CCC[C@H](C)C2)nc1. The van der Waals surface area contributed by atoms with Gasteiger partial charge in [-0.25, -0.2) is 4.98 Å². The van der Waals surface area contributed by atoms with E-state index in [0.717, 1.165) is 46.6 Å². The van der Waals surface area contributed by atoms with Gasteiger partial charge in [0.25, 0.3) is 0 Å². The van der Waals surface area contributed by atoms with Gasteiger partial charge in [0.15, 0.2) is 11.5 Å². The van der Waals surface area contributed by atoms with Gasteiger partial charge < -0.3 is 15.3 Å². The van der Waals surface area contributed by atoms with Gasteiger partial charge >= 0.3 is 0 Å². The number of Topliss-reactive ketones (excluding diaryl/α,β-unsaturated/α-hetero) is 1. The van der Waals surface area contributed by atoms with E-state index < -0.39 is 0 Å². The number of pyridine rings is 2. The van der Waals surface area contributed by atoms with Crippen molar-refractivity contribution >= 4 is 57.1 Å². The summed E-state index contributed by atoms with van der Waals surface area (Å²) in [6.45, 7) is 6.14. The fourth-order valence-corrected chi connectivity index (χ4v) is 5.32. The summed E-state index contributed by atoms with van der Waals surface area (Å²) in [6.07, 6.45) is 6.22. The number of benzene rings is 2. The van der Waals surface area contributed by atoms with Gasteiger partial charge in [0, 0.05) is 31.1 Å². The van der Waals surface area contributed by atoms with Crippen LogP contribution in [0.4, 0.5) is 17.2 Å². The zero-order chi connectivity index (χ0) is 26.1. The normalized spacial score (nSPS) is 15.7. The molecule has 0 aliphatic carbocycles. The molecule has 8 heteroatoms. The quantitative estimate of drug-likeness (QED) is 0.245. The molecule has 0 amide bonds. The van der Waals surface area contributed by atoms with Crippen molar-refractivity contribution in [2.75, 3.05) is 23.3 Å². The second-order valence-electron chi connectivity index (χ2n) is 9.57. The summed E-state index contributed by atoms with van der Waals surface area (Å²) in [7, 11) is 0. The highest BCUT2D eigenvalue weighted by molar-refractivity contribution is 6.37. The van der Waals surface area contributed by atoms with Crippen LogP contribution in [-0.2, 0) is 0 Å². The summed E-state index contributed by atoms with van der Waals surface area (Å²) in [5, 5.41) is 14.5. The predicted octanol–water partition coefficient (Wildman–Crippen LogP) is 7.88. The van der Waals surface area contributed by atoms with Crippen LogP contribution in [0.25, 0.3) is 22.0 Å². The van der Waals surface area contributed by atoms with Crippen LogP contribution in [0.2, 0.25) is 10.0 Å². The van der Waals surface area contributed by atoms with Crippen molar-refractivity contribution in [1.29, 1.82) is 0 Å². The van der Waals surface area contributed by atoms with Gasteiger partial charge in [-0.05, 0) is 66.3 Å². The van der Waals surface area contributed by atoms with Crippen LogP contribution in [0.3, 0.4) is 0 Å². The first-order valence-corrected chi connectivity index (χ1v) is 13.2. The molecule has 0 spiro atoms. The van der Waals surface area contributed by atoms with E-state index in [1.165, 1.54) is 12.8 Å². The average Bonchev–Trinajstić information content (AvgIpc) is 2.91. The third-order valence-corrected chi connectivity index (χ3v) is 7.41. The number of aromatic hydroxyl groups is 1. The number of hydrogen-bond donors (Lipinski definition) is 2. The Kier molecular flexibility index (Phi) is 7.22. The number of phenols is 1. The Balaban J connectivity index is 1.55. The van der Waals surface area contributed by atoms with Crippen molar-refractivity contribution in [3.63, 3.8) is 0 Å². The topological polar surface area (TPSA) is 78.3 Å². The smallest absolute Gasteiger partial charge is 0.166 e. The number of rotatable bonds is 6. The Morgan fingerprint density at radius 2 is 1.86 bits per heavy atom. The van der Waals surface area contributed by atoms with Crippen molar-refractivity contribution in [3.8, 4) is 16.9 Å². The second-order valence-corrected chi connectivity index (χ2v) is 10.4. The van der Waals surface area contributed by atoms with Crippen molar-refractivity contribution in [3.05, 3.63) is 70.5 Å². The molecule has 190 valence electrons. The molecule has 2 aromatic carbocycles. The number of piperidine rings is 1. The molecule has 5 rings (SSSR count). The van der Waals surface area contributed by atoms with Gasteiger partial charge in [0.05, 0.1) is 38.7 Å². The number of halogens is 2. The maximum absolute atomic E-state index is 12.9. The van der Waals surface area contributed by atoms with Crippen LogP contribution >= 0.6 is 23.2 Å². The Hall–Kier alpha value is -3.35. The summed E-state index contributed by atoms with van der Waals surface area (Å²) in [6, 6.07) is 13.1. The Labute approximate surface area is 226 Å². The minimum Gasteiger partial charge on any atom is -0.505 e. The van der Waals surface area contributed by atoms with Gasteiger partial charge in [0.1, 0.15) is 5.82 Å².